The van der Waals surface area contributed by atoms with Crippen molar-refractivity contribution in [3.63, 3.8) is 0 Å². The normalized spacial score (nSPS) is 25.3. The van der Waals surface area contributed by atoms with Gasteiger partial charge in [-0.15, -0.1) is 0 Å². The maximum absolute atomic E-state index is 13.0. The van der Waals surface area contributed by atoms with Crippen LogP contribution in [0.3, 0.4) is 0 Å². The lowest BCUT2D eigenvalue weighted by Gasteiger charge is -2.21. The van der Waals surface area contributed by atoms with Crippen molar-refractivity contribution < 1.29 is 9.13 Å². The van der Waals surface area contributed by atoms with Crippen LogP contribution in [0.5, 0.6) is 0 Å². The molecule has 1 N–H and O–H groups in total. The van der Waals surface area contributed by atoms with Crippen LogP contribution < -0.4 is 5.32 Å². The summed E-state index contributed by atoms with van der Waals surface area (Å²) in [7, 11) is 1.77. The summed E-state index contributed by atoms with van der Waals surface area (Å²) in [5, 5.41) is 3.59. The van der Waals surface area contributed by atoms with E-state index in [0.717, 1.165) is 29.3 Å². The molecule has 1 aliphatic rings. The topological polar surface area (TPSA) is 21.3 Å². The summed E-state index contributed by atoms with van der Waals surface area (Å²) in [6.45, 7) is 2.11. The Bertz CT molecular complexity index is 413. The van der Waals surface area contributed by atoms with E-state index in [2.05, 4.69) is 28.2 Å². The van der Waals surface area contributed by atoms with Gasteiger partial charge in [-0.2, -0.15) is 0 Å². The van der Waals surface area contributed by atoms with Crippen LogP contribution in [0.4, 0.5) is 4.39 Å². The summed E-state index contributed by atoms with van der Waals surface area (Å²) in [6.07, 6.45) is 3.69. The van der Waals surface area contributed by atoms with Crippen LogP contribution in [0.25, 0.3) is 0 Å². The van der Waals surface area contributed by atoms with E-state index < -0.39 is 0 Å². The molecule has 0 aliphatic heterocycles. The molecule has 4 heteroatoms. The van der Waals surface area contributed by atoms with E-state index >= 15 is 0 Å². The molecule has 0 heterocycles. The van der Waals surface area contributed by atoms with Crippen LogP contribution in [0.1, 0.15) is 37.8 Å². The number of ether oxygens (including phenoxy) is 1. The first-order valence-corrected chi connectivity index (χ1v) is 7.13. The van der Waals surface area contributed by atoms with E-state index in [1.807, 2.05) is 6.07 Å². The smallest absolute Gasteiger partial charge is 0.124 e. The minimum Gasteiger partial charge on any atom is -0.381 e. The lowest BCUT2D eigenvalue weighted by Crippen LogP contribution is -2.30. The van der Waals surface area contributed by atoms with Gasteiger partial charge in [-0.1, -0.05) is 22.0 Å². The van der Waals surface area contributed by atoms with Gasteiger partial charge in [0, 0.05) is 23.7 Å². The standard InChI is InChI=1S/C14H19BrFNO/c1-9(13-6-3-10(16)7-14(13)15)17-11-4-5-12(8-11)18-2/h3,6-7,9,11-12,17H,4-5,8H2,1-2H3. The molecule has 1 aromatic carbocycles. The third-order valence-electron chi connectivity index (χ3n) is 3.63. The number of rotatable bonds is 4. The van der Waals surface area contributed by atoms with Gasteiger partial charge in [0.05, 0.1) is 6.10 Å². The second-order valence-corrected chi connectivity index (χ2v) is 5.78. The van der Waals surface area contributed by atoms with E-state index in [0.29, 0.717) is 12.1 Å². The molecule has 2 nitrogen and oxygen atoms in total. The molecule has 1 aliphatic carbocycles. The highest BCUT2D eigenvalue weighted by Gasteiger charge is 2.25. The first-order valence-electron chi connectivity index (χ1n) is 6.34. The monoisotopic (exact) mass is 315 g/mol. The Morgan fingerprint density at radius 3 is 2.83 bits per heavy atom. The molecule has 18 heavy (non-hydrogen) atoms. The molecule has 1 saturated carbocycles. The Morgan fingerprint density at radius 1 is 1.44 bits per heavy atom. The van der Waals surface area contributed by atoms with Gasteiger partial charge in [-0.3, -0.25) is 0 Å². The second-order valence-electron chi connectivity index (χ2n) is 4.92. The maximum atomic E-state index is 13.0. The lowest BCUT2D eigenvalue weighted by atomic mass is 10.1. The van der Waals surface area contributed by atoms with Gasteiger partial charge in [0.15, 0.2) is 0 Å². The van der Waals surface area contributed by atoms with Gasteiger partial charge in [-0.05, 0) is 43.9 Å². The fourth-order valence-electron chi connectivity index (χ4n) is 2.60. The fraction of sp³-hybridized carbons (Fsp3) is 0.571. The Hall–Kier alpha value is -0.450. The fourth-order valence-corrected chi connectivity index (χ4v) is 3.30. The van der Waals surface area contributed by atoms with Gasteiger partial charge >= 0.3 is 0 Å². The van der Waals surface area contributed by atoms with E-state index in [-0.39, 0.29) is 11.9 Å². The van der Waals surface area contributed by atoms with E-state index in [1.165, 1.54) is 12.1 Å². The van der Waals surface area contributed by atoms with Crippen LogP contribution in [0.15, 0.2) is 22.7 Å². The van der Waals surface area contributed by atoms with Gasteiger partial charge in [0.2, 0.25) is 0 Å². The average Bonchev–Trinajstić information content (AvgIpc) is 2.76. The highest BCUT2D eigenvalue weighted by Crippen LogP contribution is 2.28. The summed E-state index contributed by atoms with van der Waals surface area (Å²) < 4.78 is 19.2. The Morgan fingerprint density at radius 2 is 2.22 bits per heavy atom. The number of hydrogen-bond acceptors (Lipinski definition) is 2. The van der Waals surface area contributed by atoms with Crippen molar-refractivity contribution in [3.8, 4) is 0 Å². The van der Waals surface area contributed by atoms with Gasteiger partial charge in [-0.25, -0.2) is 4.39 Å². The van der Waals surface area contributed by atoms with Crippen LogP contribution in [0, 0.1) is 5.82 Å². The molecule has 0 aromatic heterocycles. The first kappa shape index (κ1) is 14.0. The molecule has 1 aromatic rings. The first-order chi connectivity index (χ1) is 8.60. The van der Waals surface area contributed by atoms with E-state index in [9.17, 15) is 4.39 Å². The summed E-state index contributed by atoms with van der Waals surface area (Å²) >= 11 is 3.42. The van der Waals surface area contributed by atoms with Crippen molar-refractivity contribution >= 4 is 15.9 Å². The molecule has 0 spiro atoms. The predicted molar refractivity (Wildman–Crippen MR) is 74.1 cm³/mol. The number of benzene rings is 1. The van der Waals surface area contributed by atoms with Crippen molar-refractivity contribution in [1.82, 2.24) is 5.32 Å². The summed E-state index contributed by atoms with van der Waals surface area (Å²) in [5.41, 5.74) is 1.09. The minimum atomic E-state index is -0.210. The van der Waals surface area contributed by atoms with Crippen LogP contribution in [0.2, 0.25) is 0 Å². The molecule has 2 rings (SSSR count). The maximum Gasteiger partial charge on any atom is 0.124 e. The van der Waals surface area contributed by atoms with Crippen molar-refractivity contribution in [2.75, 3.05) is 7.11 Å². The largest absolute Gasteiger partial charge is 0.381 e. The molecule has 1 fully saturated rings. The predicted octanol–water partition coefficient (Wildman–Crippen LogP) is 3.81. The molecular formula is C14H19BrFNO. The van der Waals surface area contributed by atoms with Crippen molar-refractivity contribution in [2.24, 2.45) is 0 Å². The molecule has 0 bridgehead atoms. The lowest BCUT2D eigenvalue weighted by molar-refractivity contribution is 0.106. The Kier molecular flexibility index (Phi) is 4.76. The van der Waals surface area contributed by atoms with Crippen LogP contribution in [-0.2, 0) is 4.74 Å². The third kappa shape index (κ3) is 3.31. The molecule has 3 atom stereocenters. The SMILES string of the molecule is COC1CCC(NC(C)c2ccc(F)cc2Br)C1. The van der Waals surface area contributed by atoms with Gasteiger partial charge in [0.25, 0.3) is 0 Å². The van der Waals surface area contributed by atoms with Gasteiger partial charge in [0.1, 0.15) is 5.82 Å². The van der Waals surface area contributed by atoms with Crippen molar-refractivity contribution in [2.45, 2.75) is 44.4 Å². The number of nitrogens with one attached hydrogen (secondary N) is 1. The third-order valence-corrected chi connectivity index (χ3v) is 4.32. The zero-order chi connectivity index (χ0) is 13.1. The van der Waals surface area contributed by atoms with E-state index in [1.54, 1.807) is 7.11 Å². The summed E-state index contributed by atoms with van der Waals surface area (Å²) in [5.74, 6) is -0.210. The summed E-state index contributed by atoms with van der Waals surface area (Å²) in [6, 6.07) is 5.55. The quantitative estimate of drug-likeness (QED) is 0.912. The average molecular weight is 316 g/mol. The molecule has 0 amide bonds. The number of halogens is 2. The van der Waals surface area contributed by atoms with Crippen molar-refractivity contribution in [1.29, 1.82) is 0 Å². The molecule has 100 valence electrons. The molecule has 0 radical (unpaired) electrons. The molecule has 3 unspecified atom stereocenters. The van der Waals surface area contributed by atoms with Crippen LogP contribution in [-0.4, -0.2) is 19.3 Å². The highest BCUT2D eigenvalue weighted by molar-refractivity contribution is 9.10. The summed E-state index contributed by atoms with van der Waals surface area (Å²) in [4.78, 5) is 0. The minimum absolute atomic E-state index is 0.209. The Balaban J connectivity index is 1.97. The zero-order valence-electron chi connectivity index (χ0n) is 10.7. The zero-order valence-corrected chi connectivity index (χ0v) is 12.3. The molecular weight excluding hydrogens is 297 g/mol. The van der Waals surface area contributed by atoms with Crippen molar-refractivity contribution in [3.05, 3.63) is 34.1 Å². The second kappa shape index (κ2) is 6.13. The number of hydrogen-bond donors (Lipinski definition) is 1. The van der Waals surface area contributed by atoms with Crippen LogP contribution >= 0.6 is 15.9 Å². The Labute approximate surface area is 116 Å². The van der Waals surface area contributed by atoms with E-state index in [4.69, 9.17) is 4.74 Å². The molecule has 0 saturated heterocycles. The number of methoxy groups -OCH3 is 1. The van der Waals surface area contributed by atoms with Gasteiger partial charge < -0.3 is 10.1 Å². The highest BCUT2D eigenvalue weighted by atomic mass is 79.9.